The van der Waals surface area contributed by atoms with Crippen LogP contribution >= 0.6 is 11.3 Å². The third kappa shape index (κ3) is 2.00. The van der Waals surface area contributed by atoms with Crippen molar-refractivity contribution in [3.63, 3.8) is 0 Å². The Morgan fingerprint density at radius 3 is 2.82 bits per heavy atom. The summed E-state index contributed by atoms with van der Waals surface area (Å²) in [5.41, 5.74) is 2.37. The van der Waals surface area contributed by atoms with Crippen molar-refractivity contribution in [3.05, 3.63) is 30.0 Å². The van der Waals surface area contributed by atoms with Gasteiger partial charge >= 0.3 is 0 Å². The Balaban J connectivity index is 1.94. The Hall–Kier alpha value is -1.55. The molecule has 1 aliphatic heterocycles. The quantitative estimate of drug-likeness (QED) is 0.883. The Morgan fingerprint density at radius 2 is 2.12 bits per heavy atom. The average molecular weight is 246 g/mol. The molecule has 0 bridgehead atoms. The summed E-state index contributed by atoms with van der Waals surface area (Å²) >= 11 is 1.74. The van der Waals surface area contributed by atoms with Gasteiger partial charge in [0, 0.05) is 12.1 Å². The normalized spacial score (nSPS) is 13.9. The largest absolute Gasteiger partial charge is 0.497 e. The molecular formula is C13H14N2OS. The molecule has 17 heavy (non-hydrogen) atoms. The molecule has 1 aromatic carbocycles. The number of hydrogen-bond donors (Lipinski definition) is 1. The lowest BCUT2D eigenvalue weighted by atomic mass is 10.2. The highest BCUT2D eigenvalue weighted by Crippen LogP contribution is 2.34. The molecule has 0 aliphatic carbocycles. The first-order valence-corrected chi connectivity index (χ1v) is 6.56. The second-order valence-corrected chi connectivity index (χ2v) is 5.05. The number of benzene rings is 1. The number of ether oxygens (including phenoxy) is 1. The van der Waals surface area contributed by atoms with Crippen LogP contribution in [0.5, 0.6) is 5.75 Å². The van der Waals surface area contributed by atoms with Crippen molar-refractivity contribution < 1.29 is 4.74 Å². The first-order chi connectivity index (χ1) is 8.36. The molecule has 1 aromatic heterocycles. The van der Waals surface area contributed by atoms with Crippen LogP contribution in [0.4, 0.5) is 5.00 Å². The molecule has 0 spiro atoms. The van der Waals surface area contributed by atoms with E-state index in [0.29, 0.717) is 0 Å². The van der Waals surface area contributed by atoms with Crippen LogP contribution in [-0.4, -0.2) is 18.6 Å². The Morgan fingerprint density at radius 1 is 1.29 bits per heavy atom. The SMILES string of the molecule is COc1ccc(-c2nc3c(s2)NCCC3)cc1. The van der Waals surface area contributed by atoms with Gasteiger partial charge in [-0.3, -0.25) is 0 Å². The van der Waals surface area contributed by atoms with E-state index in [1.165, 1.54) is 17.1 Å². The number of fused-ring (bicyclic) bond motifs is 1. The van der Waals surface area contributed by atoms with Crippen molar-refractivity contribution in [2.45, 2.75) is 12.8 Å². The van der Waals surface area contributed by atoms with Gasteiger partial charge in [-0.15, -0.1) is 0 Å². The smallest absolute Gasteiger partial charge is 0.125 e. The van der Waals surface area contributed by atoms with E-state index in [0.717, 1.165) is 29.3 Å². The van der Waals surface area contributed by atoms with E-state index >= 15 is 0 Å². The minimum Gasteiger partial charge on any atom is -0.497 e. The molecule has 1 N–H and O–H groups in total. The van der Waals surface area contributed by atoms with Gasteiger partial charge in [0.15, 0.2) is 0 Å². The van der Waals surface area contributed by atoms with Gasteiger partial charge in [0.2, 0.25) is 0 Å². The molecular weight excluding hydrogens is 232 g/mol. The third-order valence-electron chi connectivity index (χ3n) is 2.91. The Kier molecular flexibility index (Phi) is 2.73. The molecule has 2 heterocycles. The highest BCUT2D eigenvalue weighted by Gasteiger charge is 2.15. The second kappa shape index (κ2) is 4.37. The van der Waals surface area contributed by atoms with Crippen LogP contribution in [0, 0.1) is 0 Å². The highest BCUT2D eigenvalue weighted by atomic mass is 32.1. The summed E-state index contributed by atoms with van der Waals surface area (Å²) < 4.78 is 5.16. The molecule has 0 unspecified atom stereocenters. The summed E-state index contributed by atoms with van der Waals surface area (Å²) in [5, 5.41) is 5.73. The Bertz CT molecular complexity index is 495. The van der Waals surface area contributed by atoms with Crippen molar-refractivity contribution in [2.75, 3.05) is 19.0 Å². The van der Waals surface area contributed by atoms with Crippen LogP contribution in [-0.2, 0) is 6.42 Å². The third-order valence-corrected chi connectivity index (χ3v) is 4.01. The number of methoxy groups -OCH3 is 1. The van der Waals surface area contributed by atoms with Crippen LogP contribution in [0.2, 0.25) is 0 Å². The lowest BCUT2D eigenvalue weighted by molar-refractivity contribution is 0.415. The van der Waals surface area contributed by atoms with Crippen LogP contribution in [0.3, 0.4) is 0 Å². The van der Waals surface area contributed by atoms with Crippen molar-refractivity contribution in [2.24, 2.45) is 0 Å². The van der Waals surface area contributed by atoms with Crippen molar-refractivity contribution in [1.29, 1.82) is 0 Å². The van der Waals surface area contributed by atoms with E-state index in [-0.39, 0.29) is 0 Å². The van der Waals surface area contributed by atoms with Gasteiger partial charge in [0.1, 0.15) is 15.8 Å². The predicted molar refractivity (Wildman–Crippen MR) is 70.9 cm³/mol. The number of thiazole rings is 1. The maximum absolute atomic E-state index is 5.16. The van der Waals surface area contributed by atoms with E-state index in [4.69, 9.17) is 9.72 Å². The molecule has 0 radical (unpaired) electrons. The van der Waals surface area contributed by atoms with Crippen LogP contribution in [0.1, 0.15) is 12.1 Å². The van der Waals surface area contributed by atoms with Crippen molar-refractivity contribution >= 4 is 16.3 Å². The molecule has 0 atom stereocenters. The monoisotopic (exact) mass is 246 g/mol. The number of anilines is 1. The van der Waals surface area contributed by atoms with Gasteiger partial charge in [-0.25, -0.2) is 4.98 Å². The van der Waals surface area contributed by atoms with Gasteiger partial charge in [0.25, 0.3) is 0 Å². The first-order valence-electron chi connectivity index (χ1n) is 5.75. The molecule has 88 valence electrons. The maximum Gasteiger partial charge on any atom is 0.125 e. The molecule has 3 rings (SSSR count). The molecule has 3 nitrogen and oxygen atoms in total. The summed E-state index contributed by atoms with van der Waals surface area (Å²) in [4.78, 5) is 4.69. The zero-order valence-electron chi connectivity index (χ0n) is 9.69. The van der Waals surface area contributed by atoms with E-state index in [9.17, 15) is 0 Å². The number of hydrogen-bond acceptors (Lipinski definition) is 4. The number of aromatic nitrogens is 1. The fraction of sp³-hybridized carbons (Fsp3) is 0.308. The standard InChI is InChI=1S/C13H14N2OS/c1-16-10-6-4-9(5-7-10)12-15-11-3-2-8-14-13(11)17-12/h4-7,14H,2-3,8H2,1H3. The summed E-state index contributed by atoms with van der Waals surface area (Å²) in [7, 11) is 1.68. The van der Waals surface area contributed by atoms with Crippen LogP contribution in [0.25, 0.3) is 10.6 Å². The van der Waals surface area contributed by atoms with Crippen molar-refractivity contribution in [1.82, 2.24) is 4.98 Å². The zero-order chi connectivity index (χ0) is 11.7. The van der Waals surface area contributed by atoms with Gasteiger partial charge in [-0.05, 0) is 37.1 Å². The number of nitrogens with zero attached hydrogens (tertiary/aromatic N) is 1. The Labute approximate surface area is 104 Å². The van der Waals surface area contributed by atoms with Gasteiger partial charge in [-0.1, -0.05) is 11.3 Å². The van der Waals surface area contributed by atoms with Crippen LogP contribution in [0.15, 0.2) is 24.3 Å². The number of aryl methyl sites for hydroxylation is 1. The van der Waals surface area contributed by atoms with E-state index in [1.807, 2.05) is 12.1 Å². The van der Waals surface area contributed by atoms with Gasteiger partial charge in [-0.2, -0.15) is 0 Å². The van der Waals surface area contributed by atoms with Gasteiger partial charge in [0.05, 0.1) is 12.8 Å². The topological polar surface area (TPSA) is 34.1 Å². The summed E-state index contributed by atoms with van der Waals surface area (Å²) in [6, 6.07) is 8.07. The number of rotatable bonds is 2. The van der Waals surface area contributed by atoms with E-state index in [1.54, 1.807) is 18.4 Å². The zero-order valence-corrected chi connectivity index (χ0v) is 10.5. The molecule has 2 aromatic rings. The minimum atomic E-state index is 0.883. The van der Waals surface area contributed by atoms with E-state index in [2.05, 4.69) is 17.4 Å². The highest BCUT2D eigenvalue weighted by molar-refractivity contribution is 7.19. The van der Waals surface area contributed by atoms with Gasteiger partial charge < -0.3 is 10.1 Å². The maximum atomic E-state index is 5.16. The second-order valence-electron chi connectivity index (χ2n) is 4.05. The predicted octanol–water partition coefficient (Wildman–Crippen LogP) is 3.18. The average Bonchev–Trinajstić information content (AvgIpc) is 2.82. The number of nitrogens with one attached hydrogen (secondary N) is 1. The van der Waals surface area contributed by atoms with Crippen LogP contribution < -0.4 is 10.1 Å². The molecule has 0 fully saturated rings. The van der Waals surface area contributed by atoms with Crippen molar-refractivity contribution in [3.8, 4) is 16.3 Å². The molecule has 4 heteroatoms. The molecule has 1 aliphatic rings. The summed E-state index contributed by atoms with van der Waals surface area (Å²) in [6.07, 6.45) is 2.27. The summed E-state index contributed by atoms with van der Waals surface area (Å²) in [5.74, 6) is 0.883. The fourth-order valence-corrected chi connectivity index (χ4v) is 3.02. The molecule has 0 saturated carbocycles. The molecule has 0 saturated heterocycles. The van der Waals surface area contributed by atoms with E-state index < -0.39 is 0 Å². The lowest BCUT2D eigenvalue weighted by Gasteiger charge is -2.10. The fourth-order valence-electron chi connectivity index (χ4n) is 1.97. The minimum absolute atomic E-state index is 0.883. The molecule has 0 amide bonds. The lowest BCUT2D eigenvalue weighted by Crippen LogP contribution is -2.09. The summed E-state index contributed by atoms with van der Waals surface area (Å²) in [6.45, 7) is 1.07. The first kappa shape index (κ1) is 10.6.